The van der Waals surface area contributed by atoms with Crippen LogP contribution in [0.5, 0.6) is 5.75 Å². The fourth-order valence-corrected chi connectivity index (χ4v) is 4.18. The Morgan fingerprint density at radius 1 is 1.21 bits per heavy atom. The van der Waals surface area contributed by atoms with Crippen molar-refractivity contribution in [3.8, 4) is 17.0 Å². The lowest BCUT2D eigenvalue weighted by molar-refractivity contribution is -0.122. The smallest absolute Gasteiger partial charge is 0.234 e. The van der Waals surface area contributed by atoms with E-state index in [1.54, 1.807) is 11.3 Å². The molecule has 0 radical (unpaired) electrons. The van der Waals surface area contributed by atoms with E-state index in [1.165, 1.54) is 0 Å². The maximum atomic E-state index is 12.6. The number of para-hydroxylation sites is 1. The van der Waals surface area contributed by atoms with Crippen LogP contribution >= 0.6 is 11.3 Å². The second-order valence-corrected chi connectivity index (χ2v) is 7.91. The van der Waals surface area contributed by atoms with Crippen molar-refractivity contribution in [2.75, 3.05) is 13.1 Å². The summed E-state index contributed by atoms with van der Waals surface area (Å²) in [5, 5.41) is 3.05. The standard InChI is InChI=1S/C22H23N3O2S/c1-16-12-25(13-18-9-5-6-10-19(18)27-16)14-21(26)23-11-20-22(24-15-28-20)17-7-3-2-4-8-17/h2-10,15-16H,11-14H2,1H3,(H,23,26)/t16-/m0/s1. The van der Waals surface area contributed by atoms with Crippen LogP contribution in [-0.2, 0) is 17.9 Å². The Balaban J connectivity index is 1.37. The van der Waals surface area contributed by atoms with Crippen LogP contribution in [0.15, 0.2) is 60.1 Å². The lowest BCUT2D eigenvalue weighted by atomic mass is 10.1. The second kappa shape index (κ2) is 8.54. The molecule has 5 nitrogen and oxygen atoms in total. The molecule has 3 aromatic rings. The highest BCUT2D eigenvalue weighted by Crippen LogP contribution is 2.26. The molecule has 1 aliphatic rings. The highest BCUT2D eigenvalue weighted by Gasteiger charge is 2.21. The Kier molecular flexibility index (Phi) is 5.69. The summed E-state index contributed by atoms with van der Waals surface area (Å²) in [6.45, 7) is 4.31. The molecule has 1 atom stereocenters. The van der Waals surface area contributed by atoms with E-state index in [-0.39, 0.29) is 12.0 Å². The van der Waals surface area contributed by atoms with Crippen LogP contribution < -0.4 is 10.1 Å². The zero-order valence-electron chi connectivity index (χ0n) is 15.8. The molecule has 4 rings (SSSR count). The molecule has 2 heterocycles. The predicted octanol–water partition coefficient (Wildman–Crippen LogP) is 3.71. The lowest BCUT2D eigenvalue weighted by Gasteiger charge is -2.21. The maximum absolute atomic E-state index is 12.6. The Morgan fingerprint density at radius 3 is 2.86 bits per heavy atom. The fourth-order valence-electron chi connectivity index (χ4n) is 3.46. The molecule has 0 saturated carbocycles. The lowest BCUT2D eigenvalue weighted by Crippen LogP contribution is -2.39. The van der Waals surface area contributed by atoms with Crippen molar-refractivity contribution in [2.45, 2.75) is 26.1 Å². The number of aromatic nitrogens is 1. The van der Waals surface area contributed by atoms with Gasteiger partial charge in [-0.15, -0.1) is 11.3 Å². The van der Waals surface area contributed by atoms with Gasteiger partial charge in [0.2, 0.25) is 5.91 Å². The van der Waals surface area contributed by atoms with E-state index in [4.69, 9.17) is 4.74 Å². The molecule has 0 spiro atoms. The van der Waals surface area contributed by atoms with Gasteiger partial charge in [0.15, 0.2) is 0 Å². The zero-order chi connectivity index (χ0) is 19.3. The Morgan fingerprint density at radius 2 is 2.00 bits per heavy atom. The van der Waals surface area contributed by atoms with Gasteiger partial charge in [0.1, 0.15) is 11.9 Å². The molecule has 1 N–H and O–H groups in total. The molecule has 1 amide bonds. The molecular formula is C22H23N3O2S. The first-order chi connectivity index (χ1) is 13.7. The fraction of sp³-hybridized carbons (Fsp3) is 0.273. The van der Waals surface area contributed by atoms with Crippen molar-refractivity contribution in [1.82, 2.24) is 15.2 Å². The van der Waals surface area contributed by atoms with Gasteiger partial charge in [-0.2, -0.15) is 0 Å². The van der Waals surface area contributed by atoms with Crippen LogP contribution in [0.1, 0.15) is 17.4 Å². The van der Waals surface area contributed by atoms with Gasteiger partial charge in [-0.3, -0.25) is 9.69 Å². The minimum atomic E-state index is 0.0130. The average Bonchev–Trinajstić information content (AvgIpc) is 3.10. The molecule has 144 valence electrons. The van der Waals surface area contributed by atoms with Crippen molar-refractivity contribution < 1.29 is 9.53 Å². The van der Waals surface area contributed by atoms with Gasteiger partial charge in [0, 0.05) is 24.2 Å². The number of thiazole rings is 1. The number of nitrogens with zero attached hydrogens (tertiary/aromatic N) is 2. The van der Waals surface area contributed by atoms with E-state index < -0.39 is 0 Å². The number of fused-ring (bicyclic) bond motifs is 1. The predicted molar refractivity (Wildman–Crippen MR) is 111 cm³/mol. The number of nitrogens with one attached hydrogen (secondary N) is 1. The number of benzene rings is 2. The van der Waals surface area contributed by atoms with E-state index in [1.807, 2.05) is 61.0 Å². The van der Waals surface area contributed by atoms with Crippen LogP contribution in [0.25, 0.3) is 11.3 Å². The monoisotopic (exact) mass is 393 g/mol. The van der Waals surface area contributed by atoms with Gasteiger partial charge in [-0.05, 0) is 13.0 Å². The number of ether oxygens (including phenoxy) is 1. The van der Waals surface area contributed by atoms with Gasteiger partial charge in [-0.1, -0.05) is 48.5 Å². The van der Waals surface area contributed by atoms with Gasteiger partial charge in [-0.25, -0.2) is 4.98 Å². The van der Waals surface area contributed by atoms with E-state index in [2.05, 4.69) is 21.3 Å². The Labute approximate surface area is 169 Å². The minimum Gasteiger partial charge on any atom is -0.489 e. The van der Waals surface area contributed by atoms with Gasteiger partial charge >= 0.3 is 0 Å². The first kappa shape index (κ1) is 18.7. The minimum absolute atomic E-state index is 0.0130. The van der Waals surface area contributed by atoms with Gasteiger partial charge in [0.25, 0.3) is 0 Å². The molecule has 0 bridgehead atoms. The van der Waals surface area contributed by atoms with E-state index in [9.17, 15) is 4.79 Å². The van der Waals surface area contributed by atoms with Crippen LogP contribution in [0.2, 0.25) is 0 Å². The highest BCUT2D eigenvalue weighted by molar-refractivity contribution is 7.10. The zero-order valence-corrected chi connectivity index (χ0v) is 16.6. The van der Waals surface area contributed by atoms with Crippen LogP contribution in [-0.4, -0.2) is 35.0 Å². The second-order valence-electron chi connectivity index (χ2n) is 6.97. The van der Waals surface area contributed by atoms with E-state index in [0.717, 1.165) is 34.0 Å². The van der Waals surface area contributed by atoms with Crippen LogP contribution in [0.3, 0.4) is 0 Å². The summed E-state index contributed by atoms with van der Waals surface area (Å²) in [6.07, 6.45) is 0.0441. The number of hydrogen-bond acceptors (Lipinski definition) is 5. The number of carbonyl (C=O) groups excluding carboxylic acids is 1. The summed E-state index contributed by atoms with van der Waals surface area (Å²) in [5.41, 5.74) is 4.96. The molecule has 1 aliphatic heterocycles. The third kappa shape index (κ3) is 4.40. The highest BCUT2D eigenvalue weighted by atomic mass is 32.1. The Bertz CT molecular complexity index is 942. The van der Waals surface area contributed by atoms with Crippen LogP contribution in [0.4, 0.5) is 0 Å². The summed E-state index contributed by atoms with van der Waals surface area (Å²) in [6, 6.07) is 18.1. The van der Waals surface area contributed by atoms with Crippen molar-refractivity contribution in [2.24, 2.45) is 0 Å². The van der Waals surface area contributed by atoms with Crippen molar-refractivity contribution >= 4 is 17.2 Å². The van der Waals surface area contributed by atoms with Crippen molar-refractivity contribution in [3.05, 3.63) is 70.5 Å². The molecular weight excluding hydrogens is 370 g/mol. The molecule has 0 aliphatic carbocycles. The Hall–Kier alpha value is -2.70. The molecule has 0 fully saturated rings. The number of carbonyl (C=O) groups is 1. The molecule has 2 aromatic carbocycles. The third-order valence-corrected chi connectivity index (χ3v) is 5.54. The molecule has 0 unspecified atom stereocenters. The summed E-state index contributed by atoms with van der Waals surface area (Å²) in [7, 11) is 0. The molecule has 28 heavy (non-hydrogen) atoms. The van der Waals surface area contributed by atoms with E-state index in [0.29, 0.717) is 19.6 Å². The number of hydrogen-bond donors (Lipinski definition) is 1. The summed E-state index contributed by atoms with van der Waals surface area (Å²) in [4.78, 5) is 20.2. The van der Waals surface area contributed by atoms with Crippen molar-refractivity contribution in [3.63, 3.8) is 0 Å². The van der Waals surface area contributed by atoms with Gasteiger partial charge in [0.05, 0.1) is 29.2 Å². The molecule has 1 aromatic heterocycles. The summed E-state index contributed by atoms with van der Waals surface area (Å²) in [5.74, 6) is 0.925. The summed E-state index contributed by atoms with van der Waals surface area (Å²) >= 11 is 1.57. The van der Waals surface area contributed by atoms with Gasteiger partial charge < -0.3 is 10.1 Å². The largest absolute Gasteiger partial charge is 0.489 e. The average molecular weight is 394 g/mol. The molecule has 0 saturated heterocycles. The number of rotatable bonds is 5. The summed E-state index contributed by atoms with van der Waals surface area (Å²) < 4.78 is 5.97. The number of amides is 1. The van der Waals surface area contributed by atoms with E-state index >= 15 is 0 Å². The van der Waals surface area contributed by atoms with Crippen molar-refractivity contribution in [1.29, 1.82) is 0 Å². The first-order valence-electron chi connectivity index (χ1n) is 9.40. The normalized spacial score (nSPS) is 16.7. The SMILES string of the molecule is C[C@H]1CN(CC(=O)NCc2scnc2-c2ccccc2)Cc2ccccc2O1. The van der Waals surface area contributed by atoms with Crippen LogP contribution in [0, 0.1) is 0 Å². The quantitative estimate of drug-likeness (QED) is 0.718. The maximum Gasteiger partial charge on any atom is 0.234 e. The molecule has 6 heteroatoms. The third-order valence-electron chi connectivity index (χ3n) is 4.71. The first-order valence-corrected chi connectivity index (χ1v) is 10.3. The topological polar surface area (TPSA) is 54.5 Å².